The molecule has 0 aliphatic carbocycles. The highest BCUT2D eigenvalue weighted by Gasteiger charge is 2.08. The average molecular weight is 339 g/mol. The molecule has 25 heavy (non-hydrogen) atoms. The third-order valence-corrected chi connectivity index (χ3v) is 4.18. The maximum atomic E-state index is 12.2. The summed E-state index contributed by atoms with van der Waals surface area (Å²) in [5, 5.41) is 6.09. The normalized spacial score (nSPS) is 10.2. The van der Waals surface area contributed by atoms with Gasteiger partial charge in [0, 0.05) is 31.0 Å². The maximum absolute atomic E-state index is 12.2. The van der Waals surface area contributed by atoms with Crippen molar-refractivity contribution in [3.05, 3.63) is 53.6 Å². The van der Waals surface area contributed by atoms with E-state index in [-0.39, 0.29) is 18.4 Å². The topological polar surface area (TPSA) is 61.4 Å². The molecule has 0 bridgehead atoms. The Hall–Kier alpha value is -2.82. The van der Waals surface area contributed by atoms with E-state index in [0.29, 0.717) is 5.69 Å². The molecule has 2 N–H and O–H groups in total. The van der Waals surface area contributed by atoms with Crippen LogP contribution in [0.3, 0.4) is 0 Å². The van der Waals surface area contributed by atoms with E-state index in [4.69, 9.17) is 0 Å². The molecule has 0 saturated carbocycles. The molecule has 2 rings (SSSR count). The zero-order chi connectivity index (χ0) is 18.4. The van der Waals surface area contributed by atoms with Crippen molar-refractivity contribution in [2.75, 3.05) is 29.1 Å². The Labute approximate surface area is 149 Å². The summed E-state index contributed by atoms with van der Waals surface area (Å²) in [5.41, 5.74) is 4.84. The number of carbonyl (C=O) groups is 2. The summed E-state index contributed by atoms with van der Waals surface area (Å²) in [4.78, 5) is 25.1. The number of para-hydroxylation sites is 1. The number of nitrogens with zero attached hydrogens (tertiary/aromatic N) is 1. The van der Waals surface area contributed by atoms with Gasteiger partial charge in [-0.25, -0.2) is 0 Å². The molecular formula is C20H25N3O2. The van der Waals surface area contributed by atoms with Crippen molar-refractivity contribution in [2.45, 2.75) is 27.2 Å². The van der Waals surface area contributed by atoms with Gasteiger partial charge in [0.1, 0.15) is 0 Å². The number of nitrogens with one attached hydrogen (secondary N) is 2. The van der Waals surface area contributed by atoms with E-state index in [1.54, 1.807) is 36.2 Å². The van der Waals surface area contributed by atoms with Gasteiger partial charge in [-0.3, -0.25) is 9.59 Å². The van der Waals surface area contributed by atoms with Gasteiger partial charge in [-0.05, 0) is 48.7 Å². The lowest BCUT2D eigenvalue weighted by atomic mass is 10.1. The highest BCUT2D eigenvalue weighted by Crippen LogP contribution is 2.21. The molecule has 2 aromatic carbocycles. The van der Waals surface area contributed by atoms with Crippen LogP contribution in [0.25, 0.3) is 0 Å². The smallest absolute Gasteiger partial charge is 0.243 e. The van der Waals surface area contributed by atoms with Gasteiger partial charge in [-0.15, -0.1) is 0 Å². The number of aryl methyl sites for hydroxylation is 2. The van der Waals surface area contributed by atoms with Crippen LogP contribution in [0.5, 0.6) is 0 Å². The molecule has 2 aromatic rings. The van der Waals surface area contributed by atoms with Crippen LogP contribution < -0.4 is 15.5 Å². The van der Waals surface area contributed by atoms with Crippen molar-refractivity contribution >= 4 is 28.9 Å². The number of amides is 2. The minimum atomic E-state index is -0.113. The molecule has 0 spiro atoms. The monoisotopic (exact) mass is 339 g/mol. The molecule has 5 nitrogen and oxygen atoms in total. The Morgan fingerprint density at radius 1 is 1.08 bits per heavy atom. The standard InChI is InChI=1S/C20H25N3O2/c1-5-16-8-6-7-14(2)20(16)21-13-19(25)22-17-9-11-18(12-10-17)23(4)15(3)24/h6-12,21H,5,13H2,1-4H3,(H,22,25). The Kier molecular flexibility index (Phi) is 6.17. The van der Waals surface area contributed by atoms with Crippen LogP contribution in [-0.2, 0) is 16.0 Å². The first kappa shape index (κ1) is 18.5. The molecule has 0 heterocycles. The second kappa shape index (κ2) is 8.33. The average Bonchev–Trinajstić information content (AvgIpc) is 2.60. The van der Waals surface area contributed by atoms with Gasteiger partial charge in [-0.2, -0.15) is 0 Å². The van der Waals surface area contributed by atoms with Gasteiger partial charge >= 0.3 is 0 Å². The molecule has 0 aromatic heterocycles. The zero-order valence-electron chi connectivity index (χ0n) is 15.2. The van der Waals surface area contributed by atoms with Gasteiger partial charge in [0.2, 0.25) is 11.8 Å². The van der Waals surface area contributed by atoms with E-state index in [9.17, 15) is 9.59 Å². The summed E-state index contributed by atoms with van der Waals surface area (Å²) in [6.45, 7) is 5.84. The van der Waals surface area contributed by atoms with Crippen molar-refractivity contribution in [3.63, 3.8) is 0 Å². The van der Waals surface area contributed by atoms with Crippen LogP contribution >= 0.6 is 0 Å². The second-order valence-electron chi connectivity index (χ2n) is 5.99. The first-order chi connectivity index (χ1) is 11.9. The van der Waals surface area contributed by atoms with Crippen molar-refractivity contribution in [1.82, 2.24) is 0 Å². The molecule has 0 unspecified atom stereocenters. The summed E-state index contributed by atoms with van der Waals surface area (Å²) >= 11 is 0. The quantitative estimate of drug-likeness (QED) is 0.845. The van der Waals surface area contributed by atoms with E-state index < -0.39 is 0 Å². The molecule has 5 heteroatoms. The van der Waals surface area contributed by atoms with E-state index >= 15 is 0 Å². The number of hydrogen-bond donors (Lipinski definition) is 2. The van der Waals surface area contributed by atoms with Crippen LogP contribution in [0.15, 0.2) is 42.5 Å². The fourth-order valence-electron chi connectivity index (χ4n) is 2.60. The lowest BCUT2D eigenvalue weighted by Crippen LogP contribution is -2.23. The van der Waals surface area contributed by atoms with Gasteiger partial charge in [0.15, 0.2) is 0 Å². The third kappa shape index (κ3) is 4.83. The van der Waals surface area contributed by atoms with Gasteiger partial charge in [0.25, 0.3) is 0 Å². The first-order valence-electron chi connectivity index (χ1n) is 8.39. The molecule has 0 saturated heterocycles. The number of hydrogen-bond acceptors (Lipinski definition) is 3. The Bertz CT molecular complexity index is 754. The summed E-state index contributed by atoms with van der Waals surface area (Å²) in [6.07, 6.45) is 0.913. The van der Waals surface area contributed by atoms with Gasteiger partial charge < -0.3 is 15.5 Å². The van der Waals surface area contributed by atoms with Crippen LogP contribution in [0.1, 0.15) is 25.0 Å². The van der Waals surface area contributed by atoms with Crippen LogP contribution in [-0.4, -0.2) is 25.4 Å². The van der Waals surface area contributed by atoms with Crippen molar-refractivity contribution in [1.29, 1.82) is 0 Å². The summed E-state index contributed by atoms with van der Waals surface area (Å²) in [7, 11) is 1.72. The predicted octanol–water partition coefficient (Wildman–Crippen LogP) is 3.59. The molecule has 0 aliphatic heterocycles. The SMILES string of the molecule is CCc1cccc(C)c1NCC(=O)Nc1ccc(N(C)C(C)=O)cc1. The van der Waals surface area contributed by atoms with Crippen LogP contribution in [0.4, 0.5) is 17.1 Å². The lowest BCUT2D eigenvalue weighted by Gasteiger charge is -2.16. The maximum Gasteiger partial charge on any atom is 0.243 e. The molecule has 0 aliphatic rings. The minimum absolute atomic E-state index is 0.0362. The molecule has 0 fully saturated rings. The number of anilines is 3. The van der Waals surface area contributed by atoms with Gasteiger partial charge in [-0.1, -0.05) is 25.1 Å². The minimum Gasteiger partial charge on any atom is -0.376 e. The van der Waals surface area contributed by atoms with Crippen molar-refractivity contribution in [3.8, 4) is 0 Å². The Balaban J connectivity index is 1.96. The highest BCUT2D eigenvalue weighted by molar-refractivity contribution is 5.95. The van der Waals surface area contributed by atoms with E-state index in [1.165, 1.54) is 12.5 Å². The summed E-state index contributed by atoms with van der Waals surface area (Å²) in [5.74, 6) is -0.149. The summed E-state index contributed by atoms with van der Waals surface area (Å²) in [6, 6.07) is 13.3. The second-order valence-corrected chi connectivity index (χ2v) is 5.99. The Morgan fingerprint density at radius 2 is 1.76 bits per heavy atom. The number of carbonyl (C=O) groups excluding carboxylic acids is 2. The van der Waals surface area contributed by atoms with Crippen LogP contribution in [0, 0.1) is 6.92 Å². The molecular weight excluding hydrogens is 314 g/mol. The van der Waals surface area contributed by atoms with E-state index in [1.807, 2.05) is 19.1 Å². The van der Waals surface area contributed by atoms with Crippen molar-refractivity contribution in [2.24, 2.45) is 0 Å². The molecule has 132 valence electrons. The molecule has 0 radical (unpaired) electrons. The Morgan fingerprint density at radius 3 is 2.36 bits per heavy atom. The summed E-state index contributed by atoms with van der Waals surface area (Å²) < 4.78 is 0. The predicted molar refractivity (Wildman–Crippen MR) is 103 cm³/mol. The lowest BCUT2D eigenvalue weighted by molar-refractivity contribution is -0.116. The number of rotatable bonds is 6. The molecule has 0 atom stereocenters. The van der Waals surface area contributed by atoms with Crippen LogP contribution in [0.2, 0.25) is 0 Å². The first-order valence-corrected chi connectivity index (χ1v) is 8.39. The van der Waals surface area contributed by atoms with E-state index in [0.717, 1.165) is 23.4 Å². The fraction of sp³-hybridized carbons (Fsp3) is 0.300. The highest BCUT2D eigenvalue weighted by atomic mass is 16.2. The number of benzene rings is 2. The van der Waals surface area contributed by atoms with Crippen molar-refractivity contribution < 1.29 is 9.59 Å². The van der Waals surface area contributed by atoms with E-state index in [2.05, 4.69) is 23.6 Å². The fourth-order valence-corrected chi connectivity index (χ4v) is 2.60. The zero-order valence-corrected chi connectivity index (χ0v) is 15.2. The third-order valence-electron chi connectivity index (χ3n) is 4.18. The van der Waals surface area contributed by atoms with Gasteiger partial charge in [0.05, 0.1) is 6.54 Å². The largest absolute Gasteiger partial charge is 0.376 e. The molecule has 2 amide bonds.